The van der Waals surface area contributed by atoms with Crippen LogP contribution in [0.15, 0.2) is 24.3 Å². The molecule has 104 valence electrons. The summed E-state index contributed by atoms with van der Waals surface area (Å²) in [5.41, 5.74) is 0.741. The largest absolute Gasteiger partial charge is 0.508 e. The molecule has 1 atom stereocenters. The monoisotopic (exact) mass is 262 g/mol. The van der Waals surface area contributed by atoms with E-state index in [-0.39, 0.29) is 17.1 Å². The molecule has 0 aliphatic carbocycles. The number of phenols is 1. The lowest BCUT2D eigenvalue weighted by Crippen LogP contribution is -2.48. The Hall–Kier alpha value is -1.55. The Labute approximate surface area is 114 Å². The molecule has 0 spiro atoms. The Balaban J connectivity index is 2.00. The molecule has 1 fully saturated rings. The Morgan fingerprint density at radius 2 is 2.11 bits per heavy atom. The number of rotatable bonds is 3. The summed E-state index contributed by atoms with van der Waals surface area (Å²) < 4.78 is 0. The fourth-order valence-corrected chi connectivity index (χ4v) is 2.65. The minimum absolute atomic E-state index is 0.188. The Morgan fingerprint density at radius 3 is 2.68 bits per heavy atom. The van der Waals surface area contributed by atoms with Crippen LogP contribution in [0.3, 0.4) is 0 Å². The van der Waals surface area contributed by atoms with Crippen LogP contribution in [0.2, 0.25) is 0 Å². The first kappa shape index (κ1) is 13.9. The topological polar surface area (TPSA) is 52.6 Å². The van der Waals surface area contributed by atoms with E-state index in [0.29, 0.717) is 6.54 Å². The first-order valence-corrected chi connectivity index (χ1v) is 6.75. The fourth-order valence-electron chi connectivity index (χ4n) is 2.65. The van der Waals surface area contributed by atoms with Gasteiger partial charge < -0.3 is 15.3 Å². The van der Waals surface area contributed by atoms with Gasteiger partial charge in [-0.3, -0.25) is 4.79 Å². The van der Waals surface area contributed by atoms with Crippen LogP contribution in [0.4, 0.5) is 0 Å². The number of nitrogens with one attached hydrogen (secondary N) is 1. The van der Waals surface area contributed by atoms with Crippen molar-refractivity contribution in [3.05, 3.63) is 29.8 Å². The predicted molar refractivity (Wildman–Crippen MR) is 74.8 cm³/mol. The summed E-state index contributed by atoms with van der Waals surface area (Å²) in [6.07, 6.45) is 1.99. The number of nitrogens with zero attached hydrogens (tertiary/aromatic N) is 1. The molecule has 1 heterocycles. The normalized spacial score (nSPS) is 23.1. The lowest BCUT2D eigenvalue weighted by atomic mass is 9.81. The Morgan fingerprint density at radius 1 is 1.42 bits per heavy atom. The second-order valence-corrected chi connectivity index (χ2v) is 5.67. The zero-order valence-corrected chi connectivity index (χ0v) is 11.6. The van der Waals surface area contributed by atoms with Crippen molar-refractivity contribution in [3.63, 3.8) is 0 Å². The van der Waals surface area contributed by atoms with Crippen molar-refractivity contribution in [2.45, 2.75) is 26.3 Å². The molecular weight excluding hydrogens is 240 g/mol. The van der Waals surface area contributed by atoms with E-state index in [9.17, 15) is 9.90 Å². The molecule has 0 saturated carbocycles. The zero-order chi connectivity index (χ0) is 13.9. The minimum atomic E-state index is -0.288. The van der Waals surface area contributed by atoms with E-state index in [1.165, 1.54) is 0 Å². The van der Waals surface area contributed by atoms with Crippen molar-refractivity contribution < 1.29 is 9.90 Å². The Kier molecular flexibility index (Phi) is 4.10. The van der Waals surface area contributed by atoms with E-state index >= 15 is 0 Å². The average molecular weight is 262 g/mol. The van der Waals surface area contributed by atoms with Crippen LogP contribution >= 0.6 is 0 Å². The van der Waals surface area contributed by atoms with Gasteiger partial charge in [0.1, 0.15) is 5.75 Å². The second-order valence-electron chi connectivity index (χ2n) is 5.67. The maximum Gasteiger partial charge on any atom is 0.229 e. The highest BCUT2D eigenvalue weighted by atomic mass is 16.3. The number of hydrogen-bond acceptors (Lipinski definition) is 3. The van der Waals surface area contributed by atoms with E-state index in [4.69, 9.17) is 0 Å². The van der Waals surface area contributed by atoms with Gasteiger partial charge in [-0.2, -0.15) is 0 Å². The zero-order valence-electron chi connectivity index (χ0n) is 11.6. The summed E-state index contributed by atoms with van der Waals surface area (Å²) >= 11 is 0. The van der Waals surface area contributed by atoms with Gasteiger partial charge in [-0.05, 0) is 44.0 Å². The van der Waals surface area contributed by atoms with Gasteiger partial charge in [0.05, 0.1) is 5.41 Å². The van der Waals surface area contributed by atoms with Crippen LogP contribution in [0, 0.1) is 5.41 Å². The molecule has 0 aromatic heterocycles. The van der Waals surface area contributed by atoms with Gasteiger partial charge in [0.2, 0.25) is 5.91 Å². The summed E-state index contributed by atoms with van der Waals surface area (Å²) in [5, 5.41) is 12.6. The molecule has 1 saturated heterocycles. The molecule has 1 unspecified atom stereocenters. The van der Waals surface area contributed by atoms with Crippen molar-refractivity contribution in [3.8, 4) is 5.75 Å². The van der Waals surface area contributed by atoms with Crippen molar-refractivity contribution >= 4 is 5.91 Å². The van der Waals surface area contributed by atoms with Crippen LogP contribution < -0.4 is 5.32 Å². The lowest BCUT2D eigenvalue weighted by Gasteiger charge is -2.36. The van der Waals surface area contributed by atoms with Crippen molar-refractivity contribution in [1.29, 1.82) is 0 Å². The molecule has 0 bridgehead atoms. The third-order valence-electron chi connectivity index (χ3n) is 3.82. The number of carbonyl (C=O) groups excluding carboxylic acids is 1. The van der Waals surface area contributed by atoms with Crippen LogP contribution in [-0.4, -0.2) is 36.1 Å². The molecule has 4 heteroatoms. The summed E-state index contributed by atoms with van der Waals surface area (Å²) in [7, 11) is 1.84. The molecule has 1 aromatic rings. The number of amides is 1. The van der Waals surface area contributed by atoms with Crippen LogP contribution in [0.25, 0.3) is 0 Å². The average Bonchev–Trinajstić information content (AvgIpc) is 2.41. The van der Waals surface area contributed by atoms with E-state index in [1.54, 1.807) is 17.0 Å². The van der Waals surface area contributed by atoms with Crippen LogP contribution in [-0.2, 0) is 11.3 Å². The molecule has 1 aromatic carbocycles. The fraction of sp³-hybridized carbons (Fsp3) is 0.533. The SMILES string of the molecule is CN(Cc1ccc(O)cc1)C(=O)C1(C)CCCNC1. The van der Waals surface area contributed by atoms with Gasteiger partial charge in [0.15, 0.2) is 0 Å². The van der Waals surface area contributed by atoms with Crippen LogP contribution in [0.5, 0.6) is 5.75 Å². The first-order valence-electron chi connectivity index (χ1n) is 6.75. The number of benzene rings is 1. The Bertz CT molecular complexity index is 436. The molecule has 2 N–H and O–H groups in total. The summed E-state index contributed by atoms with van der Waals surface area (Å²) in [4.78, 5) is 14.3. The third kappa shape index (κ3) is 3.26. The summed E-state index contributed by atoms with van der Waals surface area (Å²) in [6, 6.07) is 7.00. The second kappa shape index (κ2) is 5.61. The molecule has 4 nitrogen and oxygen atoms in total. The summed E-state index contributed by atoms with van der Waals surface area (Å²) in [6.45, 7) is 4.37. The number of phenolic OH excluding ortho intramolecular Hbond substituents is 1. The van der Waals surface area contributed by atoms with Gasteiger partial charge in [-0.1, -0.05) is 12.1 Å². The molecule has 0 radical (unpaired) electrons. The highest BCUT2D eigenvalue weighted by molar-refractivity contribution is 5.82. The number of hydrogen-bond donors (Lipinski definition) is 2. The molecule has 1 aliphatic heterocycles. The van der Waals surface area contributed by atoms with E-state index in [2.05, 4.69) is 5.32 Å². The highest BCUT2D eigenvalue weighted by Gasteiger charge is 2.36. The standard InChI is InChI=1S/C15H22N2O2/c1-15(8-3-9-16-11-15)14(19)17(2)10-12-4-6-13(18)7-5-12/h4-7,16,18H,3,8-11H2,1-2H3. The molecule has 1 aliphatic rings. The maximum atomic E-state index is 12.5. The number of piperidine rings is 1. The molecule has 2 rings (SSSR count). The van der Waals surface area contributed by atoms with Crippen molar-refractivity contribution in [2.75, 3.05) is 20.1 Å². The number of carbonyl (C=O) groups is 1. The minimum Gasteiger partial charge on any atom is -0.508 e. The van der Waals surface area contributed by atoms with Gasteiger partial charge in [0, 0.05) is 20.1 Å². The quantitative estimate of drug-likeness (QED) is 0.872. The van der Waals surface area contributed by atoms with E-state index in [0.717, 1.165) is 31.5 Å². The van der Waals surface area contributed by atoms with Gasteiger partial charge in [-0.15, -0.1) is 0 Å². The maximum absolute atomic E-state index is 12.5. The highest BCUT2D eigenvalue weighted by Crippen LogP contribution is 2.28. The molecule has 19 heavy (non-hydrogen) atoms. The van der Waals surface area contributed by atoms with Crippen LogP contribution in [0.1, 0.15) is 25.3 Å². The molecule has 1 amide bonds. The molecular formula is C15H22N2O2. The van der Waals surface area contributed by atoms with Gasteiger partial charge in [-0.25, -0.2) is 0 Å². The van der Waals surface area contributed by atoms with E-state index < -0.39 is 0 Å². The first-order chi connectivity index (χ1) is 9.01. The van der Waals surface area contributed by atoms with Gasteiger partial charge >= 0.3 is 0 Å². The van der Waals surface area contributed by atoms with Crippen molar-refractivity contribution in [2.24, 2.45) is 5.41 Å². The van der Waals surface area contributed by atoms with Gasteiger partial charge in [0.25, 0.3) is 0 Å². The number of aromatic hydroxyl groups is 1. The predicted octanol–water partition coefficient (Wildman–Crippen LogP) is 1.74. The smallest absolute Gasteiger partial charge is 0.229 e. The third-order valence-corrected chi connectivity index (χ3v) is 3.82. The lowest BCUT2D eigenvalue weighted by molar-refractivity contribution is -0.141. The van der Waals surface area contributed by atoms with E-state index in [1.807, 2.05) is 26.1 Å². The van der Waals surface area contributed by atoms with Crippen molar-refractivity contribution in [1.82, 2.24) is 10.2 Å². The summed E-state index contributed by atoms with van der Waals surface area (Å²) in [5.74, 6) is 0.439.